The number of dihydropyridines is 1. The van der Waals surface area contributed by atoms with E-state index in [-0.39, 0.29) is 24.4 Å². The van der Waals surface area contributed by atoms with Crippen molar-refractivity contribution >= 4 is 23.5 Å². The van der Waals surface area contributed by atoms with E-state index in [4.69, 9.17) is 30.9 Å². The Balaban J connectivity index is 2.00. The van der Waals surface area contributed by atoms with Crippen LogP contribution in [0.3, 0.4) is 0 Å². The van der Waals surface area contributed by atoms with E-state index >= 15 is 0 Å². The quantitative estimate of drug-likeness (QED) is 0.244. The summed E-state index contributed by atoms with van der Waals surface area (Å²) in [5.74, 6) is -1.56. The van der Waals surface area contributed by atoms with Gasteiger partial charge in [0.25, 0.3) is 0 Å². The number of carbonyl (C=O) groups is 2. The minimum atomic E-state index is -0.871. The number of nitrogens with one attached hydrogen (secondary N) is 1. The predicted octanol–water partition coefficient (Wildman–Crippen LogP) is 5.89. The molecule has 0 radical (unpaired) electrons. The fourth-order valence-electron chi connectivity index (χ4n) is 4.62. The standard InChI is InChI=1S/C31H30ClN3O5/c1-6-15-39-30(36)26-19(3)33-20(4)27(31(37)40-16-7-2)28(26)23-18-35(22-11-9-8-10-12-22)34-29(23)21-13-14-25(38-5)24(32)17-21/h6-14,17-18,28,33H,1-2,15-16H2,3-5H3. The van der Waals surface area contributed by atoms with Crippen LogP contribution in [0.25, 0.3) is 16.9 Å². The first kappa shape index (κ1) is 28.4. The average Bonchev–Trinajstić information content (AvgIpc) is 3.40. The van der Waals surface area contributed by atoms with Gasteiger partial charge in [-0.25, -0.2) is 14.3 Å². The number of halogens is 1. The van der Waals surface area contributed by atoms with Crippen LogP contribution in [0.5, 0.6) is 5.75 Å². The molecule has 0 fully saturated rings. The van der Waals surface area contributed by atoms with Gasteiger partial charge in [0.05, 0.1) is 40.6 Å². The zero-order valence-corrected chi connectivity index (χ0v) is 23.3. The van der Waals surface area contributed by atoms with Crippen LogP contribution in [-0.4, -0.2) is 42.0 Å². The van der Waals surface area contributed by atoms with Gasteiger partial charge in [-0.3, -0.25) is 0 Å². The van der Waals surface area contributed by atoms with E-state index in [1.165, 1.54) is 19.3 Å². The zero-order valence-electron chi connectivity index (χ0n) is 22.6. The highest BCUT2D eigenvalue weighted by Gasteiger charge is 2.40. The molecule has 1 N–H and O–H groups in total. The van der Waals surface area contributed by atoms with Gasteiger partial charge < -0.3 is 19.5 Å². The summed E-state index contributed by atoms with van der Waals surface area (Å²) in [4.78, 5) is 27.0. The number of allylic oxidation sites excluding steroid dienone is 2. The monoisotopic (exact) mass is 559 g/mol. The lowest BCUT2D eigenvalue weighted by atomic mass is 9.79. The number of nitrogens with zero attached hydrogens (tertiary/aromatic N) is 2. The van der Waals surface area contributed by atoms with E-state index < -0.39 is 17.9 Å². The maximum atomic E-state index is 13.5. The van der Waals surface area contributed by atoms with Crippen molar-refractivity contribution in [2.75, 3.05) is 20.3 Å². The van der Waals surface area contributed by atoms with Gasteiger partial charge in [0.2, 0.25) is 0 Å². The third-order valence-corrected chi connectivity index (χ3v) is 6.66. The molecule has 1 aliphatic rings. The van der Waals surface area contributed by atoms with E-state index in [9.17, 15) is 9.59 Å². The molecule has 0 unspecified atom stereocenters. The largest absolute Gasteiger partial charge is 0.495 e. The Morgan fingerprint density at radius 3 is 2.12 bits per heavy atom. The van der Waals surface area contributed by atoms with Crippen LogP contribution in [0.1, 0.15) is 25.3 Å². The summed E-state index contributed by atoms with van der Waals surface area (Å²) in [6.07, 6.45) is 4.77. The number of esters is 2. The summed E-state index contributed by atoms with van der Waals surface area (Å²) in [5, 5.41) is 8.45. The van der Waals surface area contributed by atoms with Crippen LogP contribution < -0.4 is 10.1 Å². The molecule has 0 bridgehead atoms. The molecule has 206 valence electrons. The average molecular weight is 560 g/mol. The number of hydrogen-bond donors (Lipinski definition) is 1. The highest BCUT2D eigenvalue weighted by molar-refractivity contribution is 6.32. The van der Waals surface area contributed by atoms with Gasteiger partial charge in [0.15, 0.2) is 0 Å². The van der Waals surface area contributed by atoms with E-state index in [0.717, 1.165) is 5.69 Å². The molecule has 4 rings (SSSR count). The second kappa shape index (κ2) is 12.5. The van der Waals surface area contributed by atoms with Crippen LogP contribution >= 0.6 is 11.6 Å². The highest BCUT2D eigenvalue weighted by Crippen LogP contribution is 2.44. The molecule has 0 spiro atoms. The molecule has 2 aromatic carbocycles. The topological polar surface area (TPSA) is 91.7 Å². The summed E-state index contributed by atoms with van der Waals surface area (Å²) >= 11 is 6.51. The molecule has 2 heterocycles. The van der Waals surface area contributed by atoms with Crippen LogP contribution in [0.2, 0.25) is 5.02 Å². The second-order valence-corrected chi connectivity index (χ2v) is 9.38. The van der Waals surface area contributed by atoms with Crippen molar-refractivity contribution in [3.63, 3.8) is 0 Å². The van der Waals surface area contributed by atoms with Crippen LogP contribution in [-0.2, 0) is 19.1 Å². The third-order valence-electron chi connectivity index (χ3n) is 6.36. The van der Waals surface area contributed by atoms with Crippen molar-refractivity contribution in [1.82, 2.24) is 15.1 Å². The van der Waals surface area contributed by atoms with Crippen molar-refractivity contribution < 1.29 is 23.8 Å². The lowest BCUT2D eigenvalue weighted by Crippen LogP contribution is -2.32. The molecule has 0 saturated carbocycles. The van der Waals surface area contributed by atoms with E-state index in [0.29, 0.717) is 39.0 Å². The number of para-hydroxylation sites is 1. The molecule has 1 aliphatic heterocycles. The molecule has 40 heavy (non-hydrogen) atoms. The minimum absolute atomic E-state index is 0.00545. The summed E-state index contributed by atoms with van der Waals surface area (Å²) in [7, 11) is 1.54. The van der Waals surface area contributed by atoms with Gasteiger partial charge in [-0.05, 0) is 44.2 Å². The molecule has 3 aromatic rings. The number of methoxy groups -OCH3 is 1. The van der Waals surface area contributed by atoms with Gasteiger partial charge in [0, 0.05) is 28.7 Å². The molecule has 0 atom stereocenters. The van der Waals surface area contributed by atoms with Crippen molar-refractivity contribution in [2.45, 2.75) is 19.8 Å². The molecule has 9 heteroatoms. The number of aromatic nitrogens is 2. The van der Waals surface area contributed by atoms with Crippen LogP contribution in [0, 0.1) is 0 Å². The number of benzene rings is 2. The maximum Gasteiger partial charge on any atom is 0.337 e. The van der Waals surface area contributed by atoms with Crippen molar-refractivity contribution in [3.05, 3.63) is 113 Å². The number of rotatable bonds is 10. The molecule has 8 nitrogen and oxygen atoms in total. The fourth-order valence-corrected chi connectivity index (χ4v) is 4.88. The second-order valence-electron chi connectivity index (χ2n) is 8.97. The molecule has 0 amide bonds. The minimum Gasteiger partial charge on any atom is -0.495 e. The van der Waals surface area contributed by atoms with E-state index in [2.05, 4.69) is 18.5 Å². The Kier molecular flexibility index (Phi) is 8.91. The smallest absolute Gasteiger partial charge is 0.337 e. The fraction of sp³-hybridized carbons (Fsp3) is 0.194. The number of ether oxygens (including phenoxy) is 3. The number of carbonyl (C=O) groups excluding carboxylic acids is 2. The van der Waals surface area contributed by atoms with Gasteiger partial charge in [-0.2, -0.15) is 5.10 Å². The first-order valence-electron chi connectivity index (χ1n) is 12.5. The van der Waals surface area contributed by atoms with Gasteiger partial charge in [-0.15, -0.1) is 0 Å². The SMILES string of the molecule is C=CCOC(=O)C1=C(C)NC(C)=C(C(=O)OCC=C)C1c1cn(-c2ccccc2)nc1-c1ccc(OC)c(Cl)c1. The molecular weight excluding hydrogens is 530 g/mol. The summed E-state index contributed by atoms with van der Waals surface area (Å²) in [6.45, 7) is 10.8. The highest BCUT2D eigenvalue weighted by atomic mass is 35.5. The zero-order chi connectivity index (χ0) is 28.8. The molecule has 0 saturated heterocycles. The van der Waals surface area contributed by atoms with Gasteiger partial charge in [0.1, 0.15) is 19.0 Å². The first-order valence-corrected chi connectivity index (χ1v) is 12.9. The molecule has 1 aromatic heterocycles. The van der Waals surface area contributed by atoms with E-state index in [1.807, 2.05) is 36.4 Å². The van der Waals surface area contributed by atoms with Gasteiger partial charge >= 0.3 is 11.9 Å². The predicted molar refractivity (Wildman–Crippen MR) is 154 cm³/mol. The first-order chi connectivity index (χ1) is 19.3. The molecular formula is C31H30ClN3O5. The summed E-state index contributed by atoms with van der Waals surface area (Å²) < 4.78 is 18.0. The normalized spacial score (nSPS) is 13.5. The Morgan fingerprint density at radius 2 is 1.60 bits per heavy atom. The Labute approximate surface area is 238 Å². The number of hydrogen-bond acceptors (Lipinski definition) is 7. The van der Waals surface area contributed by atoms with Crippen molar-refractivity contribution in [3.8, 4) is 22.7 Å². The Bertz CT molecular complexity index is 1470. The Morgan fingerprint density at radius 1 is 1.00 bits per heavy atom. The van der Waals surface area contributed by atoms with E-state index in [1.54, 1.807) is 36.9 Å². The lowest BCUT2D eigenvalue weighted by Gasteiger charge is -2.30. The third kappa shape index (κ3) is 5.72. The Hall–Kier alpha value is -4.56. The van der Waals surface area contributed by atoms with Crippen molar-refractivity contribution in [2.24, 2.45) is 0 Å². The summed E-state index contributed by atoms with van der Waals surface area (Å²) in [6, 6.07) is 14.8. The maximum absolute atomic E-state index is 13.5. The van der Waals surface area contributed by atoms with Gasteiger partial charge in [-0.1, -0.05) is 55.1 Å². The van der Waals surface area contributed by atoms with Crippen LogP contribution in [0.4, 0.5) is 0 Å². The van der Waals surface area contributed by atoms with Crippen LogP contribution in [0.15, 0.2) is 103 Å². The summed E-state index contributed by atoms with van der Waals surface area (Å²) in [5.41, 5.74) is 4.16. The molecule has 0 aliphatic carbocycles. The lowest BCUT2D eigenvalue weighted by molar-refractivity contribution is -0.138. The van der Waals surface area contributed by atoms with Crippen molar-refractivity contribution in [1.29, 1.82) is 0 Å².